The topological polar surface area (TPSA) is 69.5 Å². The number of sulfonamides is 1. The molecule has 0 aromatic heterocycles. The zero-order chi connectivity index (χ0) is 18.9. The highest BCUT2D eigenvalue weighted by Crippen LogP contribution is 2.32. The minimum absolute atomic E-state index is 0.271. The standard InChI is InChI=1S/C19H22N2O5S/c1-24-16-3-5-17(6-4-16)27(22,23)21-10-8-20(9-11-21)13-15-2-7-18-19(12-15)26-14-25-18/h2-7,12H,8-11,13-14H2,1H3/p+1. The Kier molecular flexibility index (Phi) is 4.94. The molecule has 1 fully saturated rings. The smallest absolute Gasteiger partial charge is 0.243 e. The van der Waals surface area contributed by atoms with Crippen molar-refractivity contribution in [1.29, 1.82) is 0 Å². The number of benzene rings is 2. The second-order valence-electron chi connectivity index (χ2n) is 6.69. The number of hydrogen-bond acceptors (Lipinski definition) is 5. The minimum atomic E-state index is -3.46. The number of nitrogens with zero attached hydrogens (tertiary/aromatic N) is 1. The van der Waals surface area contributed by atoms with Gasteiger partial charge in [0.15, 0.2) is 11.5 Å². The number of piperazine rings is 1. The van der Waals surface area contributed by atoms with Gasteiger partial charge in [-0.1, -0.05) is 0 Å². The van der Waals surface area contributed by atoms with Gasteiger partial charge in [0.05, 0.1) is 38.2 Å². The van der Waals surface area contributed by atoms with Crippen LogP contribution in [0.3, 0.4) is 0 Å². The van der Waals surface area contributed by atoms with Crippen LogP contribution in [-0.2, 0) is 16.6 Å². The highest BCUT2D eigenvalue weighted by molar-refractivity contribution is 7.89. The number of ether oxygens (including phenoxy) is 3. The third kappa shape index (κ3) is 3.73. The Morgan fingerprint density at radius 1 is 1.04 bits per heavy atom. The molecule has 144 valence electrons. The van der Waals surface area contributed by atoms with Gasteiger partial charge >= 0.3 is 0 Å². The van der Waals surface area contributed by atoms with Crippen molar-refractivity contribution >= 4 is 10.0 Å². The van der Waals surface area contributed by atoms with Crippen LogP contribution in [0, 0.1) is 0 Å². The Bertz CT molecular complexity index is 906. The number of quaternary nitrogens is 1. The molecule has 0 bridgehead atoms. The molecule has 1 N–H and O–H groups in total. The van der Waals surface area contributed by atoms with Crippen molar-refractivity contribution in [3.05, 3.63) is 48.0 Å². The molecule has 0 unspecified atom stereocenters. The largest absolute Gasteiger partial charge is 0.497 e. The Labute approximate surface area is 159 Å². The first-order chi connectivity index (χ1) is 13.1. The highest BCUT2D eigenvalue weighted by atomic mass is 32.2. The fraction of sp³-hybridized carbons (Fsp3) is 0.368. The van der Waals surface area contributed by atoms with E-state index >= 15 is 0 Å². The summed E-state index contributed by atoms with van der Waals surface area (Å²) in [5.41, 5.74) is 1.17. The predicted octanol–water partition coefficient (Wildman–Crippen LogP) is 0.513. The Hall–Kier alpha value is -2.29. The molecular weight excluding hydrogens is 368 g/mol. The van der Waals surface area contributed by atoms with Crippen molar-refractivity contribution in [2.45, 2.75) is 11.4 Å². The van der Waals surface area contributed by atoms with Crippen molar-refractivity contribution in [3.8, 4) is 17.2 Å². The summed E-state index contributed by atoms with van der Waals surface area (Å²) in [7, 11) is -1.90. The zero-order valence-corrected chi connectivity index (χ0v) is 16.0. The van der Waals surface area contributed by atoms with Crippen molar-refractivity contribution in [1.82, 2.24) is 4.31 Å². The van der Waals surface area contributed by atoms with E-state index in [0.29, 0.717) is 23.7 Å². The molecule has 0 aliphatic carbocycles. The molecule has 27 heavy (non-hydrogen) atoms. The van der Waals surface area contributed by atoms with E-state index in [1.165, 1.54) is 10.5 Å². The number of nitrogens with one attached hydrogen (secondary N) is 1. The van der Waals surface area contributed by atoms with Crippen LogP contribution >= 0.6 is 0 Å². The molecular formula is C19H23N2O5S+. The minimum Gasteiger partial charge on any atom is -0.497 e. The third-order valence-electron chi connectivity index (χ3n) is 5.02. The number of hydrogen-bond donors (Lipinski definition) is 1. The fourth-order valence-corrected chi connectivity index (χ4v) is 4.90. The molecule has 8 heteroatoms. The number of rotatable bonds is 5. The van der Waals surface area contributed by atoms with Gasteiger partial charge in [-0.05, 0) is 42.5 Å². The second-order valence-corrected chi connectivity index (χ2v) is 8.63. The summed E-state index contributed by atoms with van der Waals surface area (Å²) < 4.78 is 43.1. The van der Waals surface area contributed by atoms with Crippen molar-refractivity contribution < 1.29 is 27.5 Å². The summed E-state index contributed by atoms with van der Waals surface area (Å²) in [5, 5.41) is 0. The highest BCUT2D eigenvalue weighted by Gasteiger charge is 2.30. The lowest BCUT2D eigenvalue weighted by atomic mass is 10.2. The van der Waals surface area contributed by atoms with E-state index < -0.39 is 10.0 Å². The fourth-order valence-electron chi connectivity index (χ4n) is 3.46. The van der Waals surface area contributed by atoms with Crippen molar-refractivity contribution in [2.75, 3.05) is 40.1 Å². The van der Waals surface area contributed by atoms with Crippen LogP contribution in [0.15, 0.2) is 47.4 Å². The van der Waals surface area contributed by atoms with E-state index in [0.717, 1.165) is 31.1 Å². The Morgan fingerprint density at radius 3 is 2.44 bits per heavy atom. The monoisotopic (exact) mass is 391 g/mol. The van der Waals surface area contributed by atoms with Gasteiger partial charge in [-0.2, -0.15) is 4.31 Å². The summed E-state index contributed by atoms with van der Waals surface area (Å²) in [6, 6.07) is 12.5. The van der Waals surface area contributed by atoms with E-state index in [-0.39, 0.29) is 6.79 Å². The van der Waals surface area contributed by atoms with Gasteiger partial charge in [0.2, 0.25) is 16.8 Å². The van der Waals surface area contributed by atoms with Gasteiger partial charge in [0.1, 0.15) is 12.3 Å². The van der Waals surface area contributed by atoms with Crippen LogP contribution in [0.25, 0.3) is 0 Å². The average molecular weight is 391 g/mol. The molecule has 0 radical (unpaired) electrons. The summed E-state index contributed by atoms with van der Waals surface area (Å²) in [6.07, 6.45) is 0. The molecule has 0 saturated carbocycles. The van der Waals surface area contributed by atoms with Gasteiger partial charge in [0, 0.05) is 5.56 Å². The molecule has 0 spiro atoms. The predicted molar refractivity (Wildman–Crippen MR) is 98.7 cm³/mol. The van der Waals surface area contributed by atoms with Crippen LogP contribution in [0.4, 0.5) is 0 Å². The SMILES string of the molecule is COc1ccc(S(=O)(=O)N2CC[NH+](Cc3ccc4c(c3)OCO4)CC2)cc1. The lowest BCUT2D eigenvalue weighted by molar-refractivity contribution is -0.917. The van der Waals surface area contributed by atoms with Gasteiger partial charge in [-0.15, -0.1) is 0 Å². The number of fused-ring (bicyclic) bond motifs is 1. The molecule has 7 nitrogen and oxygen atoms in total. The molecule has 4 rings (SSSR count). The van der Waals surface area contributed by atoms with Crippen molar-refractivity contribution in [3.63, 3.8) is 0 Å². The summed E-state index contributed by atoms with van der Waals surface area (Å²) in [5.74, 6) is 2.21. The maximum Gasteiger partial charge on any atom is 0.243 e. The van der Waals surface area contributed by atoms with Gasteiger partial charge in [-0.3, -0.25) is 0 Å². The molecule has 2 aliphatic heterocycles. The van der Waals surface area contributed by atoms with Crippen LogP contribution in [-0.4, -0.2) is 52.8 Å². The second kappa shape index (κ2) is 7.38. The summed E-state index contributed by atoms with van der Waals surface area (Å²) >= 11 is 0. The van der Waals surface area contributed by atoms with E-state index in [9.17, 15) is 8.42 Å². The van der Waals surface area contributed by atoms with Gasteiger partial charge in [0.25, 0.3) is 0 Å². The van der Waals surface area contributed by atoms with Gasteiger partial charge in [-0.25, -0.2) is 8.42 Å². The van der Waals surface area contributed by atoms with Crippen molar-refractivity contribution in [2.24, 2.45) is 0 Å². The molecule has 1 saturated heterocycles. The molecule has 2 aromatic rings. The molecule has 2 heterocycles. The first kappa shape index (κ1) is 18.1. The van der Waals surface area contributed by atoms with Gasteiger partial charge < -0.3 is 19.1 Å². The average Bonchev–Trinajstić information content (AvgIpc) is 3.16. The molecule has 0 atom stereocenters. The van der Waals surface area contributed by atoms with Crippen LogP contribution < -0.4 is 19.1 Å². The lowest BCUT2D eigenvalue weighted by Gasteiger charge is -2.31. The first-order valence-electron chi connectivity index (χ1n) is 8.92. The van der Waals surface area contributed by atoms with E-state index in [2.05, 4.69) is 0 Å². The Balaban J connectivity index is 1.38. The van der Waals surface area contributed by atoms with E-state index in [1.54, 1.807) is 35.7 Å². The van der Waals surface area contributed by atoms with E-state index in [4.69, 9.17) is 14.2 Å². The first-order valence-corrected chi connectivity index (χ1v) is 10.4. The van der Waals surface area contributed by atoms with Crippen LogP contribution in [0.1, 0.15) is 5.56 Å². The molecule has 2 aromatic carbocycles. The lowest BCUT2D eigenvalue weighted by Crippen LogP contribution is -3.13. The quantitative estimate of drug-likeness (QED) is 0.805. The molecule has 0 amide bonds. The number of methoxy groups -OCH3 is 1. The maximum atomic E-state index is 12.8. The summed E-state index contributed by atoms with van der Waals surface area (Å²) in [4.78, 5) is 1.66. The normalized spacial score (nSPS) is 17.8. The molecule has 2 aliphatic rings. The van der Waals surface area contributed by atoms with Crippen LogP contribution in [0.5, 0.6) is 17.2 Å². The summed E-state index contributed by atoms with van der Waals surface area (Å²) in [6.45, 7) is 3.66. The third-order valence-corrected chi connectivity index (χ3v) is 6.93. The van der Waals surface area contributed by atoms with Crippen LogP contribution in [0.2, 0.25) is 0 Å². The van der Waals surface area contributed by atoms with E-state index in [1.807, 2.05) is 18.2 Å². The Morgan fingerprint density at radius 2 is 1.74 bits per heavy atom. The zero-order valence-electron chi connectivity index (χ0n) is 15.2. The maximum absolute atomic E-state index is 12.8.